The molecule has 1 N–H and O–H groups in total. The van der Waals surface area contributed by atoms with Gasteiger partial charge in [-0.05, 0) is 24.3 Å². The summed E-state index contributed by atoms with van der Waals surface area (Å²) in [6, 6.07) is 16.5. The van der Waals surface area contributed by atoms with Gasteiger partial charge >= 0.3 is 0 Å². The second kappa shape index (κ2) is 7.09. The van der Waals surface area contributed by atoms with E-state index < -0.39 is 0 Å². The monoisotopic (exact) mass is 284 g/mol. The number of hydrogen-bond donors (Lipinski definition) is 1. The molecule has 2 rings (SSSR count). The van der Waals surface area contributed by atoms with Crippen LogP contribution in [0.25, 0.3) is 0 Å². The molecule has 0 spiro atoms. The van der Waals surface area contributed by atoms with Gasteiger partial charge in [-0.1, -0.05) is 35.5 Å². The van der Waals surface area contributed by atoms with E-state index in [0.29, 0.717) is 11.3 Å². The number of nitrogens with zero attached hydrogens (tertiary/aromatic N) is 1. The van der Waals surface area contributed by atoms with Gasteiger partial charge in [0.25, 0.3) is 5.91 Å². The van der Waals surface area contributed by atoms with E-state index in [0.717, 1.165) is 5.75 Å². The molecule has 0 aliphatic rings. The fourth-order valence-corrected chi connectivity index (χ4v) is 1.77. The zero-order chi connectivity index (χ0) is 15.1. The van der Waals surface area contributed by atoms with E-state index in [-0.39, 0.29) is 11.6 Å². The van der Waals surface area contributed by atoms with E-state index in [9.17, 15) is 4.79 Å². The topological polar surface area (TPSA) is 59.9 Å². The maximum absolute atomic E-state index is 11.8. The Morgan fingerprint density at radius 2 is 1.76 bits per heavy atom. The summed E-state index contributed by atoms with van der Waals surface area (Å²) in [7, 11) is 2.94. The molecule has 108 valence electrons. The average Bonchev–Trinajstić information content (AvgIpc) is 2.53. The summed E-state index contributed by atoms with van der Waals surface area (Å²) in [6.07, 6.45) is 0. The molecule has 0 heterocycles. The Hall–Kier alpha value is -2.82. The van der Waals surface area contributed by atoms with Crippen molar-refractivity contribution in [2.24, 2.45) is 5.16 Å². The van der Waals surface area contributed by atoms with Crippen LogP contribution < -0.4 is 10.1 Å². The van der Waals surface area contributed by atoms with Crippen molar-refractivity contribution in [3.63, 3.8) is 0 Å². The van der Waals surface area contributed by atoms with Crippen LogP contribution in [0.4, 0.5) is 0 Å². The highest BCUT2D eigenvalue weighted by Gasteiger charge is 2.14. The van der Waals surface area contributed by atoms with Crippen LogP contribution in [0.15, 0.2) is 59.8 Å². The third-order valence-electron chi connectivity index (χ3n) is 2.71. The van der Waals surface area contributed by atoms with Crippen molar-refractivity contribution >= 4 is 11.6 Å². The van der Waals surface area contributed by atoms with Crippen LogP contribution in [-0.4, -0.2) is 25.8 Å². The highest BCUT2D eigenvalue weighted by Crippen LogP contribution is 2.22. The number of ether oxygens (including phenoxy) is 1. The number of carbonyl (C=O) groups excluding carboxylic acids is 1. The molecule has 0 aromatic heterocycles. The minimum absolute atomic E-state index is 0.193. The first-order valence-electron chi connectivity index (χ1n) is 6.41. The van der Waals surface area contributed by atoms with Gasteiger partial charge in [0.15, 0.2) is 5.71 Å². The van der Waals surface area contributed by atoms with Crippen molar-refractivity contribution < 1.29 is 14.4 Å². The molecule has 0 atom stereocenters. The summed E-state index contributed by atoms with van der Waals surface area (Å²) >= 11 is 0. The van der Waals surface area contributed by atoms with Crippen molar-refractivity contribution in [1.82, 2.24) is 5.32 Å². The number of oxime groups is 1. The van der Waals surface area contributed by atoms with Crippen LogP contribution >= 0.6 is 0 Å². The Morgan fingerprint density at radius 3 is 2.43 bits per heavy atom. The number of nitrogens with one attached hydrogen (secondary N) is 1. The summed E-state index contributed by atoms with van der Waals surface area (Å²) in [5.41, 5.74) is 0.808. The van der Waals surface area contributed by atoms with Gasteiger partial charge in [-0.15, -0.1) is 0 Å². The number of rotatable bonds is 5. The predicted molar refractivity (Wildman–Crippen MR) is 80.6 cm³/mol. The molecular weight excluding hydrogens is 268 g/mol. The van der Waals surface area contributed by atoms with Gasteiger partial charge in [-0.3, -0.25) is 4.79 Å². The summed E-state index contributed by atoms with van der Waals surface area (Å²) < 4.78 is 5.73. The fourth-order valence-electron chi connectivity index (χ4n) is 1.77. The molecule has 1 amide bonds. The number of likely N-dealkylation sites (N-methyl/N-ethyl adjacent to an activating group) is 1. The summed E-state index contributed by atoms with van der Waals surface area (Å²) in [5.74, 6) is 1.01. The second-order valence-corrected chi connectivity index (χ2v) is 4.14. The first-order chi connectivity index (χ1) is 10.2. The maximum Gasteiger partial charge on any atom is 0.273 e. The molecule has 0 aliphatic heterocycles. The quantitative estimate of drug-likeness (QED) is 0.678. The van der Waals surface area contributed by atoms with E-state index in [4.69, 9.17) is 9.57 Å². The lowest BCUT2D eigenvalue weighted by molar-refractivity contribution is -0.114. The summed E-state index contributed by atoms with van der Waals surface area (Å²) in [5, 5.41) is 6.29. The van der Waals surface area contributed by atoms with E-state index >= 15 is 0 Å². The third kappa shape index (κ3) is 3.82. The zero-order valence-corrected chi connectivity index (χ0v) is 11.9. The van der Waals surface area contributed by atoms with Crippen LogP contribution in [0, 0.1) is 0 Å². The molecule has 0 fully saturated rings. The van der Waals surface area contributed by atoms with Crippen LogP contribution in [0.5, 0.6) is 11.5 Å². The highest BCUT2D eigenvalue weighted by molar-refractivity contribution is 6.45. The largest absolute Gasteiger partial charge is 0.457 e. The van der Waals surface area contributed by atoms with E-state index in [1.165, 1.54) is 14.2 Å². The Kier molecular flexibility index (Phi) is 4.93. The highest BCUT2D eigenvalue weighted by atomic mass is 16.6. The minimum atomic E-state index is -0.325. The Balaban J connectivity index is 2.28. The van der Waals surface area contributed by atoms with Gasteiger partial charge in [-0.2, -0.15) is 0 Å². The Labute approximate surface area is 123 Å². The molecule has 5 heteroatoms. The van der Waals surface area contributed by atoms with Crippen molar-refractivity contribution in [3.8, 4) is 11.5 Å². The van der Waals surface area contributed by atoms with E-state index in [2.05, 4.69) is 10.5 Å². The Morgan fingerprint density at radius 1 is 1.05 bits per heavy atom. The molecule has 0 bridgehead atoms. The lowest BCUT2D eigenvalue weighted by Gasteiger charge is -2.08. The average molecular weight is 284 g/mol. The molecule has 0 saturated heterocycles. The van der Waals surface area contributed by atoms with Gasteiger partial charge in [-0.25, -0.2) is 0 Å². The molecule has 21 heavy (non-hydrogen) atoms. The molecule has 2 aromatic rings. The van der Waals surface area contributed by atoms with E-state index in [1.807, 2.05) is 36.4 Å². The maximum atomic E-state index is 11.8. The first-order valence-corrected chi connectivity index (χ1v) is 6.41. The number of amides is 1. The van der Waals surface area contributed by atoms with Gasteiger partial charge < -0.3 is 14.9 Å². The third-order valence-corrected chi connectivity index (χ3v) is 2.71. The second-order valence-electron chi connectivity index (χ2n) is 4.14. The number of para-hydroxylation sites is 1. The van der Waals surface area contributed by atoms with Gasteiger partial charge in [0.05, 0.1) is 0 Å². The summed E-state index contributed by atoms with van der Waals surface area (Å²) in [6.45, 7) is 0. The normalized spacial score (nSPS) is 10.9. The van der Waals surface area contributed by atoms with Crippen LogP contribution in [0.1, 0.15) is 5.56 Å². The molecule has 0 radical (unpaired) electrons. The zero-order valence-electron chi connectivity index (χ0n) is 11.9. The molecule has 2 aromatic carbocycles. The van der Waals surface area contributed by atoms with Crippen LogP contribution in [0.3, 0.4) is 0 Å². The van der Waals surface area contributed by atoms with Gasteiger partial charge in [0.1, 0.15) is 18.6 Å². The van der Waals surface area contributed by atoms with Crippen molar-refractivity contribution in [3.05, 3.63) is 60.2 Å². The summed E-state index contributed by atoms with van der Waals surface area (Å²) in [4.78, 5) is 16.5. The SMILES string of the molecule is CNC(=O)/C(=N/OC)c1cccc(Oc2ccccc2)c1. The molecule has 0 aliphatic carbocycles. The molecule has 5 nitrogen and oxygen atoms in total. The number of hydrogen-bond acceptors (Lipinski definition) is 4. The standard InChI is InChI=1S/C16H16N2O3/c1-17-16(19)15(18-20-2)12-7-6-10-14(11-12)21-13-8-4-3-5-9-13/h3-11H,1-2H3,(H,17,19)/b18-15+. The lowest BCUT2D eigenvalue weighted by atomic mass is 10.1. The smallest absolute Gasteiger partial charge is 0.273 e. The van der Waals surface area contributed by atoms with Crippen molar-refractivity contribution in [2.75, 3.05) is 14.2 Å². The van der Waals surface area contributed by atoms with Crippen LogP contribution in [0.2, 0.25) is 0 Å². The molecule has 0 saturated carbocycles. The first kappa shape index (κ1) is 14.6. The van der Waals surface area contributed by atoms with E-state index in [1.54, 1.807) is 18.2 Å². The van der Waals surface area contributed by atoms with Crippen molar-refractivity contribution in [2.45, 2.75) is 0 Å². The lowest BCUT2D eigenvalue weighted by Crippen LogP contribution is -2.28. The predicted octanol–water partition coefficient (Wildman–Crippen LogP) is 2.58. The number of benzene rings is 2. The number of carbonyl (C=O) groups is 1. The van der Waals surface area contributed by atoms with Crippen molar-refractivity contribution in [1.29, 1.82) is 0 Å². The van der Waals surface area contributed by atoms with Crippen LogP contribution in [-0.2, 0) is 9.63 Å². The van der Waals surface area contributed by atoms with Gasteiger partial charge in [0, 0.05) is 12.6 Å². The molecule has 0 unspecified atom stereocenters. The van der Waals surface area contributed by atoms with Gasteiger partial charge in [0.2, 0.25) is 0 Å². The molecular formula is C16H16N2O3. The Bertz CT molecular complexity index is 639. The fraction of sp³-hybridized carbons (Fsp3) is 0.125. The minimum Gasteiger partial charge on any atom is -0.457 e.